The molecule has 25 heavy (non-hydrogen) atoms. The van der Waals surface area contributed by atoms with Gasteiger partial charge in [-0.2, -0.15) is 0 Å². The van der Waals surface area contributed by atoms with Crippen molar-refractivity contribution in [2.45, 2.75) is 33.1 Å². The average Bonchev–Trinajstić information content (AvgIpc) is 2.58. The molecule has 0 aromatic heterocycles. The summed E-state index contributed by atoms with van der Waals surface area (Å²) in [6, 6.07) is 23.7. The van der Waals surface area contributed by atoms with Crippen molar-refractivity contribution in [3.8, 4) is 23.0 Å². The van der Waals surface area contributed by atoms with Crippen LogP contribution in [-0.4, -0.2) is 0 Å². The predicted octanol–water partition coefficient (Wildman–Crippen LogP) is 6.88. The molecule has 0 aliphatic rings. The van der Waals surface area contributed by atoms with Crippen molar-refractivity contribution in [1.82, 2.24) is 0 Å². The molecule has 128 valence electrons. The number of hydrogen-bond acceptors (Lipinski definition) is 2. The van der Waals surface area contributed by atoms with Crippen LogP contribution in [0.25, 0.3) is 0 Å². The fraction of sp³-hybridized carbons (Fsp3) is 0.217. The average molecular weight is 332 g/mol. The molecule has 0 bridgehead atoms. The van der Waals surface area contributed by atoms with E-state index < -0.39 is 0 Å². The van der Waals surface area contributed by atoms with E-state index in [0.29, 0.717) is 0 Å². The zero-order valence-corrected chi connectivity index (χ0v) is 15.2. The summed E-state index contributed by atoms with van der Waals surface area (Å²) < 4.78 is 12.2. The maximum atomic E-state index is 6.14. The van der Waals surface area contributed by atoms with Crippen LogP contribution in [0.3, 0.4) is 0 Å². The molecular formula is C23H24O2. The third-order valence-electron chi connectivity index (χ3n) is 4.09. The van der Waals surface area contributed by atoms with E-state index in [9.17, 15) is 0 Å². The third-order valence-corrected chi connectivity index (χ3v) is 4.09. The lowest BCUT2D eigenvalue weighted by Gasteiger charge is -2.24. The highest BCUT2D eigenvalue weighted by molar-refractivity contribution is 5.51. The molecule has 0 atom stereocenters. The highest BCUT2D eigenvalue weighted by Crippen LogP contribution is 2.38. The first-order chi connectivity index (χ1) is 11.9. The Kier molecular flexibility index (Phi) is 4.80. The first-order valence-corrected chi connectivity index (χ1v) is 8.54. The van der Waals surface area contributed by atoms with Crippen LogP contribution < -0.4 is 9.47 Å². The number of rotatable bonds is 4. The minimum absolute atomic E-state index is 0.00502. The van der Waals surface area contributed by atoms with Crippen molar-refractivity contribution in [2.75, 3.05) is 0 Å². The van der Waals surface area contributed by atoms with Crippen molar-refractivity contribution in [1.29, 1.82) is 0 Å². The van der Waals surface area contributed by atoms with E-state index in [-0.39, 0.29) is 5.41 Å². The van der Waals surface area contributed by atoms with Crippen molar-refractivity contribution >= 4 is 0 Å². The van der Waals surface area contributed by atoms with Crippen LogP contribution in [0.1, 0.15) is 31.9 Å². The number of benzene rings is 3. The summed E-state index contributed by atoms with van der Waals surface area (Å²) in [4.78, 5) is 0. The van der Waals surface area contributed by atoms with E-state index in [1.54, 1.807) is 0 Å². The predicted molar refractivity (Wildman–Crippen MR) is 103 cm³/mol. The topological polar surface area (TPSA) is 18.5 Å². The van der Waals surface area contributed by atoms with Gasteiger partial charge in [0.15, 0.2) is 0 Å². The molecule has 0 saturated heterocycles. The number of ether oxygens (including phenoxy) is 2. The van der Waals surface area contributed by atoms with Gasteiger partial charge in [0.25, 0.3) is 0 Å². The van der Waals surface area contributed by atoms with E-state index in [4.69, 9.17) is 9.47 Å². The van der Waals surface area contributed by atoms with Gasteiger partial charge >= 0.3 is 0 Å². The molecule has 3 aromatic carbocycles. The second-order valence-corrected chi connectivity index (χ2v) is 7.17. The molecule has 2 nitrogen and oxygen atoms in total. The quantitative estimate of drug-likeness (QED) is 0.518. The van der Waals surface area contributed by atoms with Crippen LogP contribution in [0.2, 0.25) is 0 Å². The van der Waals surface area contributed by atoms with Crippen molar-refractivity contribution in [3.63, 3.8) is 0 Å². The smallest absolute Gasteiger partial charge is 0.134 e. The fourth-order valence-electron chi connectivity index (χ4n) is 2.85. The van der Waals surface area contributed by atoms with Gasteiger partial charge in [0.2, 0.25) is 0 Å². The monoisotopic (exact) mass is 332 g/mol. The molecule has 0 saturated carbocycles. The molecule has 3 aromatic rings. The van der Waals surface area contributed by atoms with Gasteiger partial charge in [-0.25, -0.2) is 0 Å². The van der Waals surface area contributed by atoms with Crippen LogP contribution in [0.5, 0.6) is 23.0 Å². The normalized spacial score (nSPS) is 11.2. The molecule has 2 heteroatoms. The maximum Gasteiger partial charge on any atom is 0.134 e. The zero-order valence-electron chi connectivity index (χ0n) is 15.2. The summed E-state index contributed by atoms with van der Waals surface area (Å²) >= 11 is 0. The van der Waals surface area contributed by atoms with Crippen LogP contribution in [0, 0.1) is 6.92 Å². The zero-order chi connectivity index (χ0) is 17.9. The van der Waals surface area contributed by atoms with E-state index >= 15 is 0 Å². The largest absolute Gasteiger partial charge is 0.457 e. The highest BCUT2D eigenvalue weighted by Gasteiger charge is 2.21. The lowest BCUT2D eigenvalue weighted by molar-refractivity contribution is 0.451. The minimum Gasteiger partial charge on any atom is -0.457 e. The van der Waals surface area contributed by atoms with Crippen LogP contribution in [0.15, 0.2) is 72.8 Å². The van der Waals surface area contributed by atoms with Crippen molar-refractivity contribution < 1.29 is 9.47 Å². The fourth-order valence-corrected chi connectivity index (χ4v) is 2.85. The molecule has 3 rings (SSSR count). The molecule has 0 radical (unpaired) electrons. The van der Waals surface area contributed by atoms with Crippen LogP contribution >= 0.6 is 0 Å². The molecule has 0 aliphatic carbocycles. The standard InChI is InChI=1S/C23H24O2/c1-17-21(23(2,3)4)15-20(24-18-11-7-5-8-12-18)16-22(17)25-19-13-9-6-10-14-19/h5-16H,1-4H3. The Hall–Kier alpha value is -2.74. The Morgan fingerprint density at radius 1 is 0.640 bits per heavy atom. The van der Waals surface area contributed by atoms with Gasteiger partial charge in [-0.1, -0.05) is 57.2 Å². The second-order valence-electron chi connectivity index (χ2n) is 7.17. The Bertz CT molecular complexity index is 831. The second kappa shape index (κ2) is 7.02. The Morgan fingerprint density at radius 3 is 1.68 bits per heavy atom. The van der Waals surface area contributed by atoms with Crippen LogP contribution in [-0.2, 0) is 5.41 Å². The van der Waals surface area contributed by atoms with Gasteiger partial charge in [-0.3, -0.25) is 0 Å². The van der Waals surface area contributed by atoms with Gasteiger partial charge in [0.05, 0.1) is 0 Å². The van der Waals surface area contributed by atoms with E-state index in [1.807, 2.05) is 66.7 Å². The first kappa shape index (κ1) is 17.1. The summed E-state index contributed by atoms with van der Waals surface area (Å²) in [6.07, 6.45) is 0. The van der Waals surface area contributed by atoms with E-state index in [2.05, 4.69) is 33.8 Å². The van der Waals surface area contributed by atoms with Gasteiger partial charge in [0, 0.05) is 6.07 Å². The van der Waals surface area contributed by atoms with Gasteiger partial charge in [0.1, 0.15) is 23.0 Å². The minimum atomic E-state index is -0.00502. The Morgan fingerprint density at radius 2 is 1.16 bits per heavy atom. The lowest BCUT2D eigenvalue weighted by atomic mass is 9.83. The molecule has 0 aliphatic heterocycles. The Labute approximate surface area is 150 Å². The van der Waals surface area contributed by atoms with Gasteiger partial charge in [-0.15, -0.1) is 0 Å². The Balaban J connectivity index is 2.02. The summed E-state index contributed by atoms with van der Waals surface area (Å²) in [7, 11) is 0. The number of hydrogen-bond donors (Lipinski definition) is 0. The molecule has 0 amide bonds. The summed E-state index contributed by atoms with van der Waals surface area (Å²) in [5.41, 5.74) is 2.35. The third kappa shape index (κ3) is 4.21. The molecule has 0 fully saturated rings. The van der Waals surface area contributed by atoms with Gasteiger partial charge in [-0.05, 0) is 53.8 Å². The summed E-state index contributed by atoms with van der Waals surface area (Å²) in [5.74, 6) is 3.25. The molecule has 0 N–H and O–H groups in total. The highest BCUT2D eigenvalue weighted by atomic mass is 16.5. The molecular weight excluding hydrogens is 308 g/mol. The lowest BCUT2D eigenvalue weighted by Crippen LogP contribution is -2.13. The van der Waals surface area contributed by atoms with Crippen LogP contribution in [0.4, 0.5) is 0 Å². The summed E-state index contributed by atoms with van der Waals surface area (Å²) in [5, 5.41) is 0. The van der Waals surface area contributed by atoms with Crippen molar-refractivity contribution in [3.05, 3.63) is 83.9 Å². The van der Waals surface area contributed by atoms with Crippen molar-refractivity contribution in [2.24, 2.45) is 0 Å². The number of para-hydroxylation sites is 2. The molecule has 0 heterocycles. The molecule has 0 unspecified atom stereocenters. The summed E-state index contributed by atoms with van der Waals surface area (Å²) in [6.45, 7) is 8.71. The maximum absolute atomic E-state index is 6.14. The van der Waals surface area contributed by atoms with Gasteiger partial charge < -0.3 is 9.47 Å². The van der Waals surface area contributed by atoms with E-state index in [0.717, 1.165) is 28.6 Å². The van der Waals surface area contributed by atoms with E-state index in [1.165, 1.54) is 5.56 Å². The SMILES string of the molecule is Cc1c(Oc2ccccc2)cc(Oc2ccccc2)cc1C(C)(C)C. The molecule has 0 spiro atoms. The first-order valence-electron chi connectivity index (χ1n) is 8.54.